The Balaban J connectivity index is 0.000000137. The number of hydrogen-bond acceptors (Lipinski definition) is 13. The van der Waals surface area contributed by atoms with Crippen LogP contribution in [0, 0.1) is 39.9 Å². The van der Waals surface area contributed by atoms with E-state index in [1.165, 1.54) is 6.42 Å². The van der Waals surface area contributed by atoms with Gasteiger partial charge < -0.3 is 44.5 Å². The first-order valence-electron chi connectivity index (χ1n) is 22.6. The minimum absolute atomic E-state index is 0.118. The molecule has 340 valence electrons. The van der Waals surface area contributed by atoms with Gasteiger partial charge in [-0.3, -0.25) is 14.4 Å². The summed E-state index contributed by atoms with van der Waals surface area (Å²) in [4.78, 5) is 48.2. The smallest absolute Gasteiger partial charge is 0.344 e. The molecule has 12 bridgehead atoms. The maximum absolute atomic E-state index is 12.2. The van der Waals surface area contributed by atoms with Gasteiger partial charge in [0.25, 0.3) is 0 Å². The molecule has 6 atom stereocenters. The van der Waals surface area contributed by atoms with Crippen LogP contribution in [0.4, 0.5) is 0 Å². The molecular formula is C47H74O13. The third kappa shape index (κ3) is 9.60. The van der Waals surface area contributed by atoms with E-state index in [-0.39, 0.29) is 29.4 Å². The Kier molecular flexibility index (Phi) is 10.9. The number of carbonyl (C=O) groups excluding carboxylic acids is 4. The van der Waals surface area contributed by atoms with E-state index in [0.29, 0.717) is 76.0 Å². The van der Waals surface area contributed by atoms with Gasteiger partial charge in [0.05, 0.1) is 44.3 Å². The normalized spacial score (nSPS) is 45.2. The van der Waals surface area contributed by atoms with Gasteiger partial charge in [0.1, 0.15) is 16.8 Å². The molecule has 0 aromatic heterocycles. The van der Waals surface area contributed by atoms with E-state index in [1.54, 1.807) is 20.8 Å². The highest BCUT2D eigenvalue weighted by Crippen LogP contribution is 2.62. The van der Waals surface area contributed by atoms with Gasteiger partial charge in [0.15, 0.2) is 6.61 Å². The van der Waals surface area contributed by atoms with Gasteiger partial charge in [-0.2, -0.15) is 0 Å². The summed E-state index contributed by atoms with van der Waals surface area (Å²) in [5, 5.41) is 53.1. The van der Waals surface area contributed by atoms with Gasteiger partial charge in [-0.1, -0.05) is 0 Å². The fourth-order valence-electron chi connectivity index (χ4n) is 14.3. The average molecular weight is 847 g/mol. The van der Waals surface area contributed by atoms with E-state index in [2.05, 4.69) is 0 Å². The Morgan fingerprint density at radius 3 is 1.08 bits per heavy atom. The SMILES string of the molecule is CC(C)(C)C(=O)OC12CC3CC(CC(O)(C3)C1)C2.CC(C)(C)C(=O)OC12CC3CC(O)(CC(O)(C3)C1)C2.CC(C)(C)C(=O)OCC(=O)OC12CC3CC(O)(CC(O)(C3)C1)C2. The second-order valence-corrected chi connectivity index (χ2v) is 25.2. The molecule has 13 heteroatoms. The van der Waals surface area contributed by atoms with Crippen LogP contribution in [0.3, 0.4) is 0 Å². The lowest BCUT2D eigenvalue weighted by atomic mass is 9.50. The molecule has 0 aromatic carbocycles. The van der Waals surface area contributed by atoms with Crippen LogP contribution < -0.4 is 0 Å². The number of ether oxygens (including phenoxy) is 4. The van der Waals surface area contributed by atoms with Crippen molar-refractivity contribution in [2.45, 2.75) is 223 Å². The fourth-order valence-corrected chi connectivity index (χ4v) is 14.3. The summed E-state index contributed by atoms with van der Waals surface area (Å²) in [6, 6.07) is 0. The molecular weight excluding hydrogens is 773 g/mol. The van der Waals surface area contributed by atoms with Crippen molar-refractivity contribution in [1.29, 1.82) is 0 Å². The van der Waals surface area contributed by atoms with Crippen molar-refractivity contribution in [3.05, 3.63) is 0 Å². The molecule has 0 radical (unpaired) electrons. The molecule has 0 aromatic rings. The van der Waals surface area contributed by atoms with Crippen molar-refractivity contribution in [3.63, 3.8) is 0 Å². The molecule has 0 saturated heterocycles. The lowest BCUT2D eigenvalue weighted by molar-refractivity contribution is -0.264. The molecule has 5 N–H and O–H groups in total. The van der Waals surface area contributed by atoms with Gasteiger partial charge in [0, 0.05) is 44.9 Å². The molecule has 12 rings (SSSR count). The Hall–Kier alpha value is -2.32. The van der Waals surface area contributed by atoms with Crippen LogP contribution in [-0.4, -0.2) is 101 Å². The molecule has 0 aliphatic heterocycles. The number of hydrogen-bond donors (Lipinski definition) is 5. The highest BCUT2D eigenvalue weighted by molar-refractivity contribution is 5.80. The topological polar surface area (TPSA) is 206 Å². The largest absolute Gasteiger partial charge is 0.459 e. The zero-order chi connectivity index (χ0) is 44.4. The fraction of sp³-hybridized carbons (Fsp3) is 0.915. The van der Waals surface area contributed by atoms with Crippen molar-refractivity contribution in [3.8, 4) is 0 Å². The third-order valence-corrected chi connectivity index (χ3v) is 15.0. The first-order chi connectivity index (χ1) is 27.2. The molecule has 12 fully saturated rings. The van der Waals surface area contributed by atoms with Crippen molar-refractivity contribution in [2.75, 3.05) is 6.61 Å². The molecule has 6 unspecified atom stereocenters. The van der Waals surface area contributed by atoms with Gasteiger partial charge in [-0.25, -0.2) is 4.79 Å². The number of aliphatic hydroxyl groups is 5. The Bertz CT molecular complexity index is 1680. The van der Waals surface area contributed by atoms with Gasteiger partial charge >= 0.3 is 23.9 Å². The highest BCUT2D eigenvalue weighted by Gasteiger charge is 2.66. The monoisotopic (exact) mass is 847 g/mol. The van der Waals surface area contributed by atoms with E-state index < -0.39 is 74.0 Å². The summed E-state index contributed by atoms with van der Waals surface area (Å²) in [6.07, 6.45) is 12.4. The van der Waals surface area contributed by atoms with Crippen LogP contribution in [0.1, 0.15) is 178 Å². The van der Waals surface area contributed by atoms with E-state index in [4.69, 9.17) is 18.9 Å². The van der Waals surface area contributed by atoms with Crippen LogP contribution in [0.15, 0.2) is 0 Å². The summed E-state index contributed by atoms with van der Waals surface area (Å²) in [5.41, 5.74) is -7.63. The Morgan fingerprint density at radius 1 is 0.417 bits per heavy atom. The highest BCUT2D eigenvalue weighted by atomic mass is 16.6. The summed E-state index contributed by atoms with van der Waals surface area (Å²) < 4.78 is 22.3. The Labute approximate surface area is 356 Å². The van der Waals surface area contributed by atoms with Crippen LogP contribution in [0.25, 0.3) is 0 Å². The van der Waals surface area contributed by atoms with Crippen molar-refractivity contribution in [1.82, 2.24) is 0 Å². The summed E-state index contributed by atoms with van der Waals surface area (Å²) in [7, 11) is 0. The summed E-state index contributed by atoms with van der Waals surface area (Å²) >= 11 is 0. The maximum atomic E-state index is 12.2. The molecule has 12 aliphatic carbocycles. The standard InChI is InChI=1S/C17H26O6.C15H24O4.C15H24O3/c1-14(2,3)13(19)22-7-12(18)23-17-6-11-4-15(20,9-17)8-16(21,5-11)10-17;1-12(2,3)11(16)19-15-6-10-4-13(17,8-15)7-14(18,5-10)9-15;1-13(2,3)12(16)18-15-7-10-4-11(8-15)6-14(17,5-10)9-15/h11,20-21H,4-10H2,1-3H3;10,17-18H,4-9H2,1-3H3;10-11,17H,4-9H2,1-3H3. The quantitative estimate of drug-likeness (QED) is 0.165. The first-order valence-corrected chi connectivity index (χ1v) is 22.6. The average Bonchev–Trinajstić information content (AvgIpc) is 2.97. The molecule has 60 heavy (non-hydrogen) atoms. The van der Waals surface area contributed by atoms with Crippen molar-refractivity contribution < 1.29 is 63.7 Å². The van der Waals surface area contributed by atoms with Crippen LogP contribution in [0.2, 0.25) is 0 Å². The first kappa shape index (κ1) is 45.7. The van der Waals surface area contributed by atoms with Crippen LogP contribution >= 0.6 is 0 Å². The molecule has 0 heterocycles. The van der Waals surface area contributed by atoms with Crippen LogP contribution in [-0.2, 0) is 38.1 Å². The third-order valence-electron chi connectivity index (χ3n) is 15.0. The number of esters is 4. The Morgan fingerprint density at radius 2 is 0.733 bits per heavy atom. The molecule has 12 saturated carbocycles. The minimum Gasteiger partial charge on any atom is -0.459 e. The van der Waals surface area contributed by atoms with Gasteiger partial charge in [-0.15, -0.1) is 0 Å². The van der Waals surface area contributed by atoms with E-state index in [1.807, 2.05) is 41.5 Å². The van der Waals surface area contributed by atoms with Crippen molar-refractivity contribution >= 4 is 23.9 Å². The van der Waals surface area contributed by atoms with Crippen molar-refractivity contribution in [2.24, 2.45) is 39.9 Å². The zero-order valence-electron chi connectivity index (χ0n) is 37.7. The predicted molar refractivity (Wildman–Crippen MR) is 218 cm³/mol. The zero-order valence-corrected chi connectivity index (χ0v) is 37.7. The maximum Gasteiger partial charge on any atom is 0.344 e. The number of rotatable bonds is 5. The van der Waals surface area contributed by atoms with Gasteiger partial charge in [0.2, 0.25) is 0 Å². The van der Waals surface area contributed by atoms with Gasteiger partial charge in [-0.05, 0) is 157 Å². The van der Waals surface area contributed by atoms with E-state index >= 15 is 0 Å². The summed E-state index contributed by atoms with van der Waals surface area (Å²) in [6.45, 7) is 15.9. The predicted octanol–water partition coefficient (Wildman–Crippen LogP) is 5.75. The molecule has 0 amide bonds. The second-order valence-electron chi connectivity index (χ2n) is 25.2. The second kappa shape index (κ2) is 14.3. The number of carbonyl (C=O) groups is 4. The lowest BCUT2D eigenvalue weighted by Crippen LogP contribution is -2.67. The van der Waals surface area contributed by atoms with E-state index in [0.717, 1.165) is 44.9 Å². The summed E-state index contributed by atoms with van der Waals surface area (Å²) in [5.74, 6) is 0.141. The van der Waals surface area contributed by atoms with Crippen LogP contribution in [0.5, 0.6) is 0 Å². The molecule has 13 nitrogen and oxygen atoms in total. The lowest BCUT2D eigenvalue weighted by Gasteiger charge is -2.62. The molecule has 0 spiro atoms. The minimum atomic E-state index is -0.948. The molecule has 12 aliphatic rings. The van der Waals surface area contributed by atoms with E-state index in [9.17, 15) is 44.7 Å².